The molecule has 0 fully saturated rings. The van der Waals surface area contributed by atoms with Crippen LogP contribution >= 0.6 is 0 Å². The number of hydrogen-bond donors (Lipinski definition) is 2. The molecule has 0 unspecified atom stereocenters. The summed E-state index contributed by atoms with van der Waals surface area (Å²) in [6.07, 6.45) is 0.988. The summed E-state index contributed by atoms with van der Waals surface area (Å²) < 4.78 is 13.4. The van der Waals surface area contributed by atoms with E-state index in [-0.39, 0.29) is 17.1 Å². The van der Waals surface area contributed by atoms with E-state index in [9.17, 15) is 19.3 Å². The molecule has 0 aliphatic carbocycles. The Hall–Kier alpha value is -3.03. The van der Waals surface area contributed by atoms with Crippen LogP contribution in [0.3, 0.4) is 0 Å². The van der Waals surface area contributed by atoms with Crippen molar-refractivity contribution in [1.82, 2.24) is 4.98 Å². The van der Waals surface area contributed by atoms with Crippen molar-refractivity contribution < 1.29 is 19.2 Å². The Bertz CT molecular complexity index is 733. The zero-order valence-electron chi connectivity index (χ0n) is 10.8. The van der Waals surface area contributed by atoms with Gasteiger partial charge in [-0.15, -0.1) is 0 Å². The van der Waals surface area contributed by atoms with Crippen LogP contribution in [0.4, 0.5) is 21.6 Å². The normalized spacial score (nSPS) is 10.2. The summed E-state index contributed by atoms with van der Waals surface area (Å²) in [6.45, 7) is 1.58. The van der Waals surface area contributed by atoms with Gasteiger partial charge in [-0.1, -0.05) is 6.07 Å². The van der Waals surface area contributed by atoms with Crippen LogP contribution in [0.2, 0.25) is 0 Å². The topological polar surface area (TPSA) is 105 Å². The van der Waals surface area contributed by atoms with Crippen LogP contribution in [0, 0.1) is 22.9 Å². The predicted molar refractivity (Wildman–Crippen MR) is 72.3 cm³/mol. The number of pyridine rings is 1. The number of nitrogens with one attached hydrogen (secondary N) is 1. The Labute approximate surface area is 118 Å². The molecule has 0 aliphatic heterocycles. The molecule has 0 saturated heterocycles. The molecule has 1 aromatic heterocycles. The predicted octanol–water partition coefficient (Wildman–Crippen LogP) is 2.88. The van der Waals surface area contributed by atoms with E-state index in [1.165, 1.54) is 18.2 Å². The van der Waals surface area contributed by atoms with E-state index in [1.54, 1.807) is 6.92 Å². The maximum atomic E-state index is 13.4. The Morgan fingerprint density at radius 2 is 2.14 bits per heavy atom. The summed E-state index contributed by atoms with van der Waals surface area (Å²) in [6, 6.07) is 5.11. The molecule has 0 saturated carbocycles. The van der Waals surface area contributed by atoms with Crippen molar-refractivity contribution in [3.05, 3.63) is 57.5 Å². The second kappa shape index (κ2) is 5.53. The third-order valence-corrected chi connectivity index (χ3v) is 2.75. The van der Waals surface area contributed by atoms with Crippen molar-refractivity contribution >= 4 is 23.2 Å². The molecule has 7 nitrogen and oxygen atoms in total. The van der Waals surface area contributed by atoms with Gasteiger partial charge in [0.05, 0.1) is 10.5 Å². The molecule has 1 heterocycles. The molecule has 0 amide bonds. The average molecular weight is 291 g/mol. The number of nitro groups is 1. The van der Waals surface area contributed by atoms with Gasteiger partial charge in [0.2, 0.25) is 5.82 Å². The van der Waals surface area contributed by atoms with Crippen molar-refractivity contribution in [2.45, 2.75) is 6.92 Å². The third-order valence-electron chi connectivity index (χ3n) is 2.75. The second-order valence-corrected chi connectivity index (χ2v) is 4.24. The van der Waals surface area contributed by atoms with Gasteiger partial charge in [-0.05, 0) is 24.6 Å². The third kappa shape index (κ3) is 3.11. The Balaban J connectivity index is 2.41. The van der Waals surface area contributed by atoms with Gasteiger partial charge >= 0.3 is 11.7 Å². The van der Waals surface area contributed by atoms with Gasteiger partial charge in [-0.3, -0.25) is 10.1 Å². The van der Waals surface area contributed by atoms with Crippen LogP contribution < -0.4 is 5.32 Å². The minimum absolute atomic E-state index is 0.159. The molecule has 8 heteroatoms. The molecular formula is C13H10FN3O4. The molecule has 1 aromatic carbocycles. The molecule has 2 N–H and O–H groups in total. The number of anilines is 2. The van der Waals surface area contributed by atoms with E-state index < -0.39 is 22.4 Å². The molecule has 0 radical (unpaired) electrons. The number of halogens is 1. The van der Waals surface area contributed by atoms with Crippen molar-refractivity contribution in [3.63, 3.8) is 0 Å². The molecule has 0 spiro atoms. The molecule has 108 valence electrons. The van der Waals surface area contributed by atoms with Crippen molar-refractivity contribution in [1.29, 1.82) is 0 Å². The Morgan fingerprint density at radius 1 is 1.43 bits per heavy atom. The number of benzene rings is 1. The van der Waals surface area contributed by atoms with Gasteiger partial charge < -0.3 is 10.4 Å². The van der Waals surface area contributed by atoms with Gasteiger partial charge in [0.1, 0.15) is 5.82 Å². The average Bonchev–Trinajstić information content (AvgIpc) is 2.43. The molecule has 2 aromatic rings. The highest BCUT2D eigenvalue weighted by molar-refractivity contribution is 5.89. The SMILES string of the molecule is Cc1ccc(Nc2ncc(C(=O)O)cc2[N+](=O)[O-])cc1F. The van der Waals surface area contributed by atoms with Crippen LogP contribution in [0.5, 0.6) is 0 Å². The van der Waals surface area contributed by atoms with Crippen LogP contribution in [-0.2, 0) is 0 Å². The summed E-state index contributed by atoms with van der Waals surface area (Å²) in [5.41, 5.74) is -0.0979. The first-order valence-electron chi connectivity index (χ1n) is 5.79. The summed E-state index contributed by atoms with van der Waals surface area (Å²) in [5.74, 6) is -1.95. The van der Waals surface area contributed by atoms with E-state index in [0.717, 1.165) is 12.3 Å². The van der Waals surface area contributed by atoms with Crippen LogP contribution in [0.1, 0.15) is 15.9 Å². The highest BCUT2D eigenvalue weighted by Gasteiger charge is 2.19. The number of aromatic carboxylic acids is 1. The number of aromatic nitrogens is 1. The minimum atomic E-state index is -1.32. The first-order valence-corrected chi connectivity index (χ1v) is 5.79. The lowest BCUT2D eigenvalue weighted by atomic mass is 10.2. The van der Waals surface area contributed by atoms with Gasteiger partial charge in [0, 0.05) is 18.0 Å². The summed E-state index contributed by atoms with van der Waals surface area (Å²) >= 11 is 0. The zero-order chi connectivity index (χ0) is 15.6. The fourth-order valence-electron chi connectivity index (χ4n) is 1.61. The first-order chi connectivity index (χ1) is 9.88. The first kappa shape index (κ1) is 14.4. The number of carboxylic acids is 1. The van der Waals surface area contributed by atoms with Crippen molar-refractivity contribution in [2.24, 2.45) is 0 Å². The maximum Gasteiger partial charge on any atom is 0.337 e. The Kier molecular flexibility index (Phi) is 3.79. The largest absolute Gasteiger partial charge is 0.478 e. The van der Waals surface area contributed by atoms with E-state index in [1.807, 2.05) is 0 Å². The fraction of sp³-hybridized carbons (Fsp3) is 0.0769. The van der Waals surface area contributed by atoms with Crippen molar-refractivity contribution in [3.8, 4) is 0 Å². The lowest BCUT2D eigenvalue weighted by Crippen LogP contribution is -2.04. The van der Waals surface area contributed by atoms with E-state index in [0.29, 0.717) is 5.56 Å². The van der Waals surface area contributed by atoms with E-state index >= 15 is 0 Å². The maximum absolute atomic E-state index is 13.4. The number of hydrogen-bond acceptors (Lipinski definition) is 5. The van der Waals surface area contributed by atoms with Crippen molar-refractivity contribution in [2.75, 3.05) is 5.32 Å². The lowest BCUT2D eigenvalue weighted by molar-refractivity contribution is -0.384. The molecular weight excluding hydrogens is 281 g/mol. The van der Waals surface area contributed by atoms with Gasteiger partial charge in [0.25, 0.3) is 0 Å². The highest BCUT2D eigenvalue weighted by atomic mass is 19.1. The van der Waals surface area contributed by atoms with E-state index in [2.05, 4.69) is 10.3 Å². The van der Waals surface area contributed by atoms with Crippen LogP contribution in [0.25, 0.3) is 0 Å². The van der Waals surface area contributed by atoms with Gasteiger partial charge in [0.15, 0.2) is 0 Å². The second-order valence-electron chi connectivity index (χ2n) is 4.24. The number of nitrogens with zero attached hydrogens (tertiary/aromatic N) is 2. The minimum Gasteiger partial charge on any atom is -0.478 e. The fourth-order valence-corrected chi connectivity index (χ4v) is 1.61. The van der Waals surface area contributed by atoms with Crippen LogP contribution in [-0.4, -0.2) is 21.0 Å². The Morgan fingerprint density at radius 3 is 2.71 bits per heavy atom. The highest BCUT2D eigenvalue weighted by Crippen LogP contribution is 2.26. The summed E-state index contributed by atoms with van der Waals surface area (Å²) in [4.78, 5) is 24.7. The number of carboxylic acid groups (broad SMARTS) is 1. The van der Waals surface area contributed by atoms with E-state index in [4.69, 9.17) is 5.11 Å². The molecule has 0 aliphatic rings. The molecule has 2 rings (SSSR count). The molecule has 0 bridgehead atoms. The van der Waals surface area contributed by atoms with Gasteiger partial charge in [-0.25, -0.2) is 14.2 Å². The number of carbonyl (C=O) groups is 1. The molecule has 0 atom stereocenters. The standard InChI is InChI=1S/C13H10FN3O4/c1-7-2-3-9(5-10(7)14)16-12-11(17(20)21)4-8(6-15-12)13(18)19/h2-6H,1H3,(H,15,16)(H,18,19). The summed E-state index contributed by atoms with van der Waals surface area (Å²) in [7, 11) is 0. The quantitative estimate of drug-likeness (QED) is 0.662. The van der Waals surface area contributed by atoms with Crippen LogP contribution in [0.15, 0.2) is 30.5 Å². The zero-order valence-corrected chi connectivity index (χ0v) is 10.8. The smallest absolute Gasteiger partial charge is 0.337 e. The molecule has 21 heavy (non-hydrogen) atoms. The number of rotatable bonds is 4. The lowest BCUT2D eigenvalue weighted by Gasteiger charge is -2.07. The monoisotopic (exact) mass is 291 g/mol. The van der Waals surface area contributed by atoms with Gasteiger partial charge in [-0.2, -0.15) is 0 Å². The summed E-state index contributed by atoms with van der Waals surface area (Å²) in [5, 5.41) is 22.4. The number of aryl methyl sites for hydroxylation is 1.